The summed E-state index contributed by atoms with van der Waals surface area (Å²) in [6.07, 6.45) is 5.53. The number of alkyl halides is 3. The van der Waals surface area contributed by atoms with Crippen LogP contribution in [0.1, 0.15) is 40.7 Å². The van der Waals surface area contributed by atoms with E-state index >= 15 is 0 Å². The Morgan fingerprint density at radius 2 is 1.39 bits per heavy atom. The van der Waals surface area contributed by atoms with E-state index in [0.717, 1.165) is 38.0 Å². The van der Waals surface area contributed by atoms with Crippen LogP contribution in [0.3, 0.4) is 0 Å². The van der Waals surface area contributed by atoms with E-state index in [1.807, 2.05) is 11.4 Å². The van der Waals surface area contributed by atoms with Gasteiger partial charge in [0.25, 0.3) is 0 Å². The first-order valence-electron chi connectivity index (χ1n) is 12.3. The first-order chi connectivity index (χ1) is 17.9. The Balaban J connectivity index is 0.00000336. The average Bonchev–Trinajstić information content (AvgIpc) is 3.07. The van der Waals surface area contributed by atoms with Crippen molar-refractivity contribution < 1.29 is 18.0 Å². The topological polar surface area (TPSA) is 32.3 Å². The van der Waals surface area contributed by atoms with Crippen LogP contribution in [0.2, 0.25) is 0 Å². The van der Waals surface area contributed by atoms with E-state index in [2.05, 4.69) is 71.7 Å². The molecule has 38 heavy (non-hydrogen) atoms. The van der Waals surface area contributed by atoms with Crippen molar-refractivity contribution in [1.82, 2.24) is 4.90 Å². The average molecular weight is 537 g/mol. The van der Waals surface area contributed by atoms with Crippen LogP contribution in [0.25, 0.3) is 23.8 Å². The van der Waals surface area contributed by atoms with E-state index in [0.29, 0.717) is 0 Å². The second-order valence-electron chi connectivity index (χ2n) is 9.26. The molecule has 2 aliphatic rings. The Kier molecular flexibility index (Phi) is 8.55. The Morgan fingerprint density at radius 1 is 0.842 bits per heavy atom. The highest BCUT2D eigenvalue weighted by Gasteiger charge is 2.38. The zero-order chi connectivity index (χ0) is 25.8. The molecule has 1 fully saturated rings. The maximum absolute atomic E-state index is 12.4. The first-order valence-corrected chi connectivity index (χ1v) is 12.3. The number of piperidine rings is 1. The Labute approximate surface area is 226 Å². The highest BCUT2D eigenvalue weighted by Crippen LogP contribution is 2.38. The van der Waals surface area contributed by atoms with Gasteiger partial charge in [-0.2, -0.15) is 13.2 Å². The van der Waals surface area contributed by atoms with Crippen molar-refractivity contribution in [3.8, 4) is 0 Å². The van der Waals surface area contributed by atoms with Crippen molar-refractivity contribution in [2.45, 2.75) is 19.0 Å². The number of likely N-dealkylation sites (tertiary alicyclic amines) is 1. The predicted molar refractivity (Wildman–Crippen MR) is 151 cm³/mol. The van der Waals surface area contributed by atoms with E-state index in [-0.39, 0.29) is 18.1 Å². The fourth-order valence-electron chi connectivity index (χ4n) is 4.92. The van der Waals surface area contributed by atoms with Crippen molar-refractivity contribution in [1.29, 1.82) is 0 Å². The summed E-state index contributed by atoms with van der Waals surface area (Å²) in [6.45, 7) is 2.72. The van der Waals surface area contributed by atoms with Crippen LogP contribution in [-0.4, -0.2) is 36.6 Å². The Hall–Kier alpha value is -3.61. The number of rotatable bonds is 4. The molecule has 3 nitrogen and oxygen atoms in total. The fourth-order valence-corrected chi connectivity index (χ4v) is 4.92. The largest absolute Gasteiger partial charge is 0.471 e. The van der Waals surface area contributed by atoms with Gasteiger partial charge in [0.05, 0.1) is 0 Å². The van der Waals surface area contributed by atoms with Crippen molar-refractivity contribution >= 4 is 47.8 Å². The molecule has 0 bridgehead atoms. The number of hydrogen-bond donors (Lipinski definition) is 1. The molecule has 1 amide bonds. The summed E-state index contributed by atoms with van der Waals surface area (Å²) in [5, 5.41) is 1.86. The lowest BCUT2D eigenvalue weighted by atomic mass is 9.86. The minimum absolute atomic E-state index is 0. The SMILES string of the molecule is Cl.O=C(Nc1ccc(/C=C/CN2CCC(=C3c4ccccc4C=Cc4ccccc43)CC2)cc1)C(F)(F)F. The summed E-state index contributed by atoms with van der Waals surface area (Å²) >= 11 is 0. The maximum Gasteiger partial charge on any atom is 0.471 e. The lowest BCUT2D eigenvalue weighted by molar-refractivity contribution is -0.167. The Morgan fingerprint density at radius 3 is 1.95 bits per heavy atom. The minimum Gasteiger partial charge on any atom is -0.318 e. The van der Waals surface area contributed by atoms with Crippen molar-refractivity contribution in [3.63, 3.8) is 0 Å². The van der Waals surface area contributed by atoms with Crippen molar-refractivity contribution in [3.05, 3.63) is 112 Å². The summed E-state index contributed by atoms with van der Waals surface area (Å²) in [4.78, 5) is 13.5. The molecule has 0 unspecified atom stereocenters. The van der Waals surface area contributed by atoms with Crippen molar-refractivity contribution in [2.75, 3.05) is 25.0 Å². The van der Waals surface area contributed by atoms with Gasteiger partial charge in [-0.05, 0) is 58.4 Å². The van der Waals surface area contributed by atoms with Crippen LogP contribution in [0.4, 0.5) is 18.9 Å². The van der Waals surface area contributed by atoms with Crippen LogP contribution in [0.5, 0.6) is 0 Å². The summed E-state index contributed by atoms with van der Waals surface area (Å²) in [7, 11) is 0. The molecule has 3 aromatic rings. The number of carbonyl (C=O) groups excluding carboxylic acids is 1. The molecule has 1 aliphatic heterocycles. The summed E-state index contributed by atoms with van der Waals surface area (Å²) in [5.41, 5.74) is 8.91. The molecule has 0 saturated carbocycles. The van der Waals surface area contributed by atoms with Gasteiger partial charge in [-0.25, -0.2) is 0 Å². The maximum atomic E-state index is 12.4. The quantitative estimate of drug-likeness (QED) is 0.290. The summed E-state index contributed by atoms with van der Waals surface area (Å²) < 4.78 is 37.2. The number of halogens is 4. The molecule has 7 heteroatoms. The molecular formula is C31H28ClF3N2O. The second kappa shape index (κ2) is 11.8. The van der Waals surface area contributed by atoms with Crippen LogP contribution in [0.15, 0.2) is 84.4 Å². The number of nitrogens with zero attached hydrogens (tertiary/aromatic N) is 1. The van der Waals surface area contributed by atoms with Gasteiger partial charge in [-0.15, -0.1) is 12.4 Å². The number of fused-ring (bicyclic) bond motifs is 2. The van der Waals surface area contributed by atoms with Crippen LogP contribution in [-0.2, 0) is 4.79 Å². The van der Waals surface area contributed by atoms with Gasteiger partial charge < -0.3 is 5.32 Å². The van der Waals surface area contributed by atoms with Gasteiger partial charge in [0.15, 0.2) is 0 Å². The smallest absolute Gasteiger partial charge is 0.318 e. The van der Waals surface area contributed by atoms with Crippen LogP contribution in [0, 0.1) is 0 Å². The molecule has 1 N–H and O–H groups in total. The zero-order valence-corrected chi connectivity index (χ0v) is 21.5. The fraction of sp³-hybridized carbons (Fsp3) is 0.194. The number of amides is 1. The number of nitrogens with one attached hydrogen (secondary N) is 1. The lowest BCUT2D eigenvalue weighted by Gasteiger charge is -2.29. The first kappa shape index (κ1) is 27.4. The highest BCUT2D eigenvalue weighted by molar-refractivity contribution is 5.95. The second-order valence-corrected chi connectivity index (χ2v) is 9.26. The molecule has 5 rings (SSSR count). The van der Waals surface area contributed by atoms with Gasteiger partial charge in [0, 0.05) is 25.3 Å². The Bertz CT molecular complexity index is 1330. The van der Waals surface area contributed by atoms with E-state index in [4.69, 9.17) is 0 Å². The molecular weight excluding hydrogens is 509 g/mol. The monoisotopic (exact) mass is 536 g/mol. The van der Waals surface area contributed by atoms with Crippen LogP contribution < -0.4 is 5.32 Å². The van der Waals surface area contributed by atoms with E-state index in [1.54, 1.807) is 12.1 Å². The van der Waals surface area contributed by atoms with E-state index in [1.165, 1.54) is 45.5 Å². The van der Waals surface area contributed by atoms with E-state index < -0.39 is 12.1 Å². The standard InChI is InChI=1S/C31H27F3N2O.ClH/c32-31(33,34)30(37)35-26-15-11-22(12-16-26)6-5-19-36-20-17-25(18-21-36)29-27-9-3-1-7-23(27)13-14-24-8-2-4-10-28(24)29;/h1-16H,17-21H2,(H,35,37);1H/b6-5+;. The summed E-state index contributed by atoms with van der Waals surface area (Å²) in [6, 6.07) is 23.5. The molecule has 1 heterocycles. The third-order valence-corrected chi connectivity index (χ3v) is 6.82. The summed E-state index contributed by atoms with van der Waals surface area (Å²) in [5.74, 6) is -1.97. The van der Waals surface area contributed by atoms with Gasteiger partial charge in [-0.3, -0.25) is 9.69 Å². The minimum atomic E-state index is -4.90. The zero-order valence-electron chi connectivity index (χ0n) is 20.7. The lowest BCUT2D eigenvalue weighted by Crippen LogP contribution is -2.31. The molecule has 0 atom stereocenters. The third-order valence-electron chi connectivity index (χ3n) is 6.82. The molecule has 1 saturated heterocycles. The van der Waals surface area contributed by atoms with E-state index in [9.17, 15) is 18.0 Å². The van der Waals surface area contributed by atoms with Gasteiger partial charge in [0.1, 0.15) is 0 Å². The highest BCUT2D eigenvalue weighted by atomic mass is 35.5. The number of benzene rings is 3. The third kappa shape index (κ3) is 6.26. The number of hydrogen-bond acceptors (Lipinski definition) is 2. The van der Waals surface area contributed by atoms with Gasteiger partial charge in [-0.1, -0.05) is 90.5 Å². The van der Waals surface area contributed by atoms with Gasteiger partial charge in [0.2, 0.25) is 0 Å². The molecule has 1 aliphatic carbocycles. The predicted octanol–water partition coefficient (Wildman–Crippen LogP) is 7.70. The normalized spacial score (nSPS) is 15.4. The molecule has 196 valence electrons. The molecule has 0 radical (unpaired) electrons. The van der Waals surface area contributed by atoms with Crippen molar-refractivity contribution in [2.24, 2.45) is 0 Å². The number of anilines is 1. The number of carbonyl (C=O) groups is 1. The molecule has 0 aromatic heterocycles. The molecule has 0 spiro atoms. The molecule has 3 aromatic carbocycles. The van der Waals surface area contributed by atoms with Crippen LogP contribution >= 0.6 is 12.4 Å². The van der Waals surface area contributed by atoms with Gasteiger partial charge >= 0.3 is 12.1 Å².